The third-order valence-corrected chi connectivity index (χ3v) is 7.10. The fraction of sp³-hybridized carbons (Fsp3) is 0.421. The number of benzene rings is 1. The molecule has 1 aliphatic heterocycles. The molecule has 0 N–H and O–H groups in total. The van der Waals surface area contributed by atoms with Crippen LogP contribution in [-0.4, -0.2) is 35.9 Å². The van der Waals surface area contributed by atoms with Crippen LogP contribution >= 0.6 is 19.2 Å². The lowest BCUT2D eigenvalue weighted by Crippen LogP contribution is -2.44. The maximum Gasteiger partial charge on any atom is 0.375 e. The monoisotopic (exact) mass is 490 g/mol. The molecule has 0 saturated carbocycles. The van der Waals surface area contributed by atoms with Crippen LogP contribution in [-0.2, 0) is 34.4 Å². The van der Waals surface area contributed by atoms with Crippen molar-refractivity contribution >= 4 is 25.2 Å². The normalized spacial score (nSPS) is 17.3. The smallest absolute Gasteiger partial charge is 0.375 e. The summed E-state index contributed by atoms with van der Waals surface area (Å²) < 4.78 is 49.0. The largest absolute Gasteiger partial charge is 0.443 e. The van der Waals surface area contributed by atoms with Gasteiger partial charge in [-0.05, 0) is 25.0 Å². The van der Waals surface area contributed by atoms with Gasteiger partial charge in [0.15, 0.2) is 0 Å². The van der Waals surface area contributed by atoms with Gasteiger partial charge in [-0.25, -0.2) is 9.36 Å². The van der Waals surface area contributed by atoms with Crippen LogP contribution in [0.4, 0.5) is 4.39 Å². The molecule has 2 heterocycles. The molecule has 0 spiro atoms. The molecule has 174 valence electrons. The number of carbonyl (C=O) groups excluding carboxylic acids is 1. The summed E-state index contributed by atoms with van der Waals surface area (Å²) in [7, 11) is -1.78. The zero-order valence-corrected chi connectivity index (χ0v) is 18.9. The molecule has 1 aromatic heterocycles. The average Bonchev–Trinajstić information content (AvgIpc) is 3.32. The van der Waals surface area contributed by atoms with E-state index in [1.165, 1.54) is 24.3 Å². The number of rotatable bonds is 8. The number of hydrogen-bond donors (Lipinski definition) is 0. The zero-order chi connectivity index (χ0) is 23.5. The third-order valence-electron chi connectivity index (χ3n) is 4.85. The van der Waals surface area contributed by atoms with Crippen LogP contribution in [0.1, 0.15) is 30.5 Å². The first kappa shape index (κ1) is 24.3. The molecule has 2 atom stereocenters. The van der Waals surface area contributed by atoms with Crippen molar-refractivity contribution in [1.82, 2.24) is 9.13 Å². The van der Waals surface area contributed by atoms with Gasteiger partial charge in [0.2, 0.25) is 11.7 Å². The van der Waals surface area contributed by atoms with Gasteiger partial charge < -0.3 is 18.5 Å². The van der Waals surface area contributed by atoms with Crippen LogP contribution in [0.25, 0.3) is 0 Å². The second kappa shape index (κ2) is 10.1. The highest BCUT2D eigenvalue weighted by Gasteiger charge is 2.39. The van der Waals surface area contributed by atoms with Gasteiger partial charge in [-0.2, -0.15) is 4.39 Å². The molecule has 1 aromatic carbocycles. The lowest BCUT2D eigenvalue weighted by Gasteiger charge is -2.24. The van der Waals surface area contributed by atoms with Gasteiger partial charge in [0.1, 0.15) is 12.8 Å². The number of ether oxygens (including phenoxy) is 2. The molecule has 1 aliphatic rings. The Balaban J connectivity index is 1.93. The Hall–Kier alpha value is -2.30. The summed E-state index contributed by atoms with van der Waals surface area (Å²) in [4.78, 5) is 37.6. The highest BCUT2D eigenvalue weighted by Crippen LogP contribution is 2.60. The molecular formula is C19H21ClFN2O8P. The van der Waals surface area contributed by atoms with Crippen molar-refractivity contribution in [3.63, 3.8) is 0 Å². The fourth-order valence-electron chi connectivity index (χ4n) is 3.21. The Kier molecular flexibility index (Phi) is 7.68. The topological polar surface area (TPSA) is 115 Å². The molecule has 0 amide bonds. The van der Waals surface area contributed by atoms with E-state index in [0.717, 1.165) is 25.0 Å². The van der Waals surface area contributed by atoms with Crippen molar-refractivity contribution in [3.05, 3.63) is 67.7 Å². The quantitative estimate of drug-likeness (QED) is 0.410. The Morgan fingerprint density at radius 3 is 2.50 bits per heavy atom. The van der Waals surface area contributed by atoms with Gasteiger partial charge >= 0.3 is 19.3 Å². The van der Waals surface area contributed by atoms with Crippen molar-refractivity contribution in [2.45, 2.75) is 31.5 Å². The van der Waals surface area contributed by atoms with Crippen LogP contribution in [0.3, 0.4) is 0 Å². The number of esters is 1. The summed E-state index contributed by atoms with van der Waals surface area (Å²) in [5.74, 6) is -3.89. The van der Waals surface area contributed by atoms with Crippen LogP contribution in [0.2, 0.25) is 5.02 Å². The Labute approximate surface area is 186 Å². The Morgan fingerprint density at radius 2 is 1.94 bits per heavy atom. The molecule has 0 bridgehead atoms. The minimum atomic E-state index is -4.00. The predicted octanol–water partition coefficient (Wildman–Crippen LogP) is 2.84. The zero-order valence-electron chi connectivity index (χ0n) is 17.2. The molecule has 32 heavy (non-hydrogen) atoms. The second-order valence-electron chi connectivity index (χ2n) is 6.82. The van der Waals surface area contributed by atoms with E-state index < -0.39 is 49.2 Å². The number of carbonyl (C=O) groups is 1. The molecule has 2 aromatic rings. The minimum Gasteiger partial charge on any atom is -0.443 e. The third kappa shape index (κ3) is 5.02. The molecule has 10 nitrogen and oxygen atoms in total. The second-order valence-corrected chi connectivity index (χ2v) is 9.54. The highest BCUT2D eigenvalue weighted by molar-refractivity contribution is 7.54. The number of halogens is 2. The summed E-state index contributed by atoms with van der Waals surface area (Å²) in [5.41, 5.74) is -2.01. The van der Waals surface area contributed by atoms with Crippen molar-refractivity contribution < 1.29 is 32.3 Å². The van der Waals surface area contributed by atoms with E-state index in [2.05, 4.69) is 0 Å². The van der Waals surface area contributed by atoms with Gasteiger partial charge in [0.25, 0.3) is 5.56 Å². The van der Waals surface area contributed by atoms with E-state index in [0.29, 0.717) is 29.0 Å². The standard InChI is InChI=1S/C19H21ClFN2O8P/c1-28-32(27,29-2)18(12-5-7-13(20)8-6-12)31-16(24)11-23-17(25)14(21)10-22(19(23)26)15-4-3-9-30-15/h5-8,10,15,18H,3-4,9,11H2,1-2H3/t15-,18?/m1/s1. The first-order valence-electron chi connectivity index (χ1n) is 9.49. The molecule has 0 radical (unpaired) electrons. The van der Waals surface area contributed by atoms with Gasteiger partial charge in [-0.15, -0.1) is 0 Å². The molecule has 0 aliphatic carbocycles. The number of nitrogens with zero attached hydrogens (tertiary/aromatic N) is 2. The highest BCUT2D eigenvalue weighted by atomic mass is 35.5. The van der Waals surface area contributed by atoms with E-state index in [1.807, 2.05) is 0 Å². The molecular weight excluding hydrogens is 470 g/mol. The van der Waals surface area contributed by atoms with E-state index in [-0.39, 0.29) is 5.56 Å². The van der Waals surface area contributed by atoms with E-state index in [4.69, 9.17) is 30.1 Å². The fourth-order valence-corrected chi connectivity index (χ4v) is 4.65. The van der Waals surface area contributed by atoms with Crippen LogP contribution < -0.4 is 11.2 Å². The van der Waals surface area contributed by atoms with E-state index >= 15 is 0 Å². The molecule has 1 saturated heterocycles. The summed E-state index contributed by atoms with van der Waals surface area (Å²) in [5, 5.41) is 0.379. The van der Waals surface area contributed by atoms with E-state index in [9.17, 15) is 23.3 Å². The van der Waals surface area contributed by atoms with Crippen molar-refractivity contribution in [3.8, 4) is 0 Å². The van der Waals surface area contributed by atoms with Crippen molar-refractivity contribution in [1.29, 1.82) is 0 Å². The Bertz CT molecular complexity index is 1140. The van der Waals surface area contributed by atoms with Crippen molar-refractivity contribution in [2.75, 3.05) is 20.8 Å². The van der Waals surface area contributed by atoms with Crippen LogP contribution in [0.15, 0.2) is 40.1 Å². The summed E-state index contributed by atoms with van der Waals surface area (Å²) >= 11 is 5.87. The van der Waals surface area contributed by atoms with Crippen LogP contribution in [0, 0.1) is 5.82 Å². The summed E-state index contributed by atoms with van der Waals surface area (Å²) in [6, 6.07) is 5.85. The minimum absolute atomic E-state index is 0.234. The predicted molar refractivity (Wildman–Crippen MR) is 111 cm³/mol. The molecule has 3 rings (SSSR count). The van der Waals surface area contributed by atoms with Gasteiger partial charge in [-0.3, -0.25) is 18.7 Å². The first-order chi connectivity index (χ1) is 15.2. The first-order valence-corrected chi connectivity index (χ1v) is 11.5. The number of aromatic nitrogens is 2. The lowest BCUT2D eigenvalue weighted by atomic mass is 10.2. The van der Waals surface area contributed by atoms with Crippen molar-refractivity contribution in [2.24, 2.45) is 0 Å². The SMILES string of the molecule is COP(=O)(OC)C(OC(=O)Cn1c(=O)c(F)cn([C@H]2CCCO2)c1=O)c1ccc(Cl)cc1. The van der Waals surface area contributed by atoms with Gasteiger partial charge in [0.05, 0.1) is 6.20 Å². The molecule has 1 fully saturated rings. The summed E-state index contributed by atoms with van der Waals surface area (Å²) in [6.45, 7) is -0.550. The van der Waals surface area contributed by atoms with Crippen LogP contribution in [0.5, 0.6) is 0 Å². The molecule has 13 heteroatoms. The van der Waals surface area contributed by atoms with Gasteiger partial charge in [-0.1, -0.05) is 23.7 Å². The van der Waals surface area contributed by atoms with Gasteiger partial charge in [0, 0.05) is 31.4 Å². The summed E-state index contributed by atoms with van der Waals surface area (Å²) in [6.07, 6.45) is 1.12. The lowest BCUT2D eigenvalue weighted by molar-refractivity contribution is -0.147. The Morgan fingerprint density at radius 1 is 1.28 bits per heavy atom. The average molecular weight is 491 g/mol. The maximum atomic E-state index is 14.2. The maximum absolute atomic E-state index is 14.2. The van der Waals surface area contributed by atoms with E-state index in [1.54, 1.807) is 0 Å². The molecule has 1 unspecified atom stereocenters. The number of hydrogen-bond acceptors (Lipinski definition) is 8.